The van der Waals surface area contributed by atoms with Gasteiger partial charge in [-0.15, -0.1) is 0 Å². The summed E-state index contributed by atoms with van der Waals surface area (Å²) in [6.45, 7) is 0. The second kappa shape index (κ2) is 3.43. The zero-order valence-corrected chi connectivity index (χ0v) is 3.67. The average molecular weight is 132 g/mol. The topological polar surface area (TPSA) is 31.5 Å². The van der Waals surface area contributed by atoms with Crippen molar-refractivity contribution in [3.8, 4) is 0 Å². The fourth-order valence-electron chi connectivity index (χ4n) is 0.0714. The average Bonchev–Trinajstić information content (AvgIpc) is 1.30. The molecule has 0 amide bonds. The van der Waals surface area contributed by atoms with Gasteiger partial charge in [0, 0.05) is 6.08 Å². The van der Waals surface area contributed by atoms with Gasteiger partial charge in [0.05, 0.1) is 6.33 Å². The van der Waals surface area contributed by atoms with Gasteiger partial charge in [-0.3, -0.25) is 0 Å². The van der Waals surface area contributed by atoms with Crippen molar-refractivity contribution in [2.75, 3.05) is 0 Å². The van der Waals surface area contributed by atoms with Crippen molar-refractivity contribution >= 4 is 0 Å². The molecule has 0 aliphatic heterocycles. The fraction of sp³-hybridized carbons (Fsp3) is 0.333. The van der Waals surface area contributed by atoms with Crippen LogP contribution in [0.5, 0.6) is 0 Å². The van der Waals surface area contributed by atoms with Crippen LogP contribution in [0.15, 0.2) is 12.4 Å². The van der Waals surface area contributed by atoms with Crippen molar-refractivity contribution in [3.63, 3.8) is 0 Å². The van der Waals surface area contributed by atoms with Gasteiger partial charge in [0.2, 0.25) is 0 Å². The molecule has 0 heterocycles. The molecule has 0 aromatic rings. The van der Waals surface area contributed by atoms with Gasteiger partial charge in [0.15, 0.2) is 0 Å². The van der Waals surface area contributed by atoms with Crippen molar-refractivity contribution in [1.29, 1.82) is 0 Å². The first-order valence-electron chi connectivity index (χ1n) is 1.41. The Morgan fingerprint density at radius 2 is 1.50 bits per heavy atom. The Morgan fingerprint density at radius 3 is 1.50 bits per heavy atom. The first-order chi connectivity index (χ1) is 3.06. The van der Waals surface area contributed by atoms with E-state index in [4.69, 9.17) is 0 Å². The van der Waals surface area contributed by atoms with E-state index in [-0.39, 0.29) is 5.48 Å². The van der Waals surface area contributed by atoms with Gasteiger partial charge in [0.25, 0.3) is 0 Å². The lowest BCUT2D eigenvalue weighted by Gasteiger charge is -1.92. The molecule has 0 aliphatic carbocycles. The van der Waals surface area contributed by atoms with Crippen molar-refractivity contribution in [2.45, 2.75) is 6.18 Å². The number of halogens is 4. The lowest BCUT2D eigenvalue weighted by atomic mass is 10.6. The maximum Gasteiger partial charge on any atom is 0.411 e. The van der Waals surface area contributed by atoms with Gasteiger partial charge < -0.3 is 5.48 Å². The lowest BCUT2D eigenvalue weighted by molar-refractivity contribution is -0.0805. The van der Waals surface area contributed by atoms with Crippen LogP contribution in [0, 0.1) is 0 Å². The summed E-state index contributed by atoms with van der Waals surface area (Å²) in [4.78, 5) is 0. The van der Waals surface area contributed by atoms with Gasteiger partial charge in [-0.2, -0.15) is 13.2 Å². The summed E-state index contributed by atoms with van der Waals surface area (Å²) in [5, 5.41) is 0. The van der Waals surface area contributed by atoms with Crippen LogP contribution in [0.1, 0.15) is 0 Å². The third kappa shape index (κ3) is 9.05. The molecule has 5 heteroatoms. The number of alkyl halides is 3. The van der Waals surface area contributed by atoms with Crippen LogP contribution in [0.4, 0.5) is 17.6 Å². The molecular formula is C3H4F4O. The molecule has 0 fully saturated rings. The van der Waals surface area contributed by atoms with Crippen LogP contribution < -0.4 is 0 Å². The molecule has 2 N–H and O–H groups in total. The highest BCUT2D eigenvalue weighted by molar-refractivity contribution is 4.80. The van der Waals surface area contributed by atoms with Gasteiger partial charge in [-0.25, -0.2) is 4.39 Å². The van der Waals surface area contributed by atoms with E-state index in [1.54, 1.807) is 0 Å². The number of rotatable bonds is 0. The minimum atomic E-state index is -4.51. The third-order valence-electron chi connectivity index (χ3n) is 0.252. The fourth-order valence-corrected chi connectivity index (χ4v) is 0.0714. The van der Waals surface area contributed by atoms with Gasteiger partial charge in [-0.1, -0.05) is 0 Å². The predicted molar refractivity (Wildman–Crippen MR) is 19.9 cm³/mol. The Labute approximate surface area is 42.9 Å². The molecule has 0 unspecified atom stereocenters. The lowest BCUT2D eigenvalue weighted by Crippen LogP contribution is -1.99. The molecule has 0 atom stereocenters. The maximum absolute atomic E-state index is 10.7. The van der Waals surface area contributed by atoms with Crippen molar-refractivity contribution in [1.82, 2.24) is 0 Å². The first-order valence-corrected chi connectivity index (χ1v) is 1.41. The second-order valence-electron chi connectivity index (χ2n) is 0.834. The standard InChI is InChI=1S/C3H2F4.H2O/c4-2-1-3(5,6)7;/h1-2H;1H2/b2-1+;. The van der Waals surface area contributed by atoms with Crippen LogP contribution in [0.3, 0.4) is 0 Å². The van der Waals surface area contributed by atoms with Crippen molar-refractivity contribution in [2.24, 2.45) is 0 Å². The Bertz CT molecular complexity index is 73.8. The molecule has 50 valence electrons. The van der Waals surface area contributed by atoms with Crippen LogP contribution in [0.25, 0.3) is 0 Å². The Morgan fingerprint density at radius 1 is 1.12 bits per heavy atom. The van der Waals surface area contributed by atoms with Crippen LogP contribution in [0.2, 0.25) is 0 Å². The van der Waals surface area contributed by atoms with Crippen LogP contribution in [-0.4, -0.2) is 11.7 Å². The summed E-state index contributed by atoms with van der Waals surface area (Å²) in [6.07, 6.45) is -5.53. The molecule has 0 aromatic carbocycles. The second-order valence-corrected chi connectivity index (χ2v) is 0.834. The van der Waals surface area contributed by atoms with E-state index in [1.807, 2.05) is 0 Å². The summed E-state index contributed by atoms with van der Waals surface area (Å²) < 4.78 is 42.8. The molecule has 0 radical (unpaired) electrons. The van der Waals surface area contributed by atoms with E-state index in [0.29, 0.717) is 0 Å². The van der Waals surface area contributed by atoms with Crippen LogP contribution in [-0.2, 0) is 0 Å². The van der Waals surface area contributed by atoms with Gasteiger partial charge in [0.1, 0.15) is 0 Å². The van der Waals surface area contributed by atoms with Crippen molar-refractivity contribution in [3.05, 3.63) is 12.4 Å². The predicted octanol–water partition coefficient (Wildman–Crippen LogP) is 1.21. The number of hydrogen-bond acceptors (Lipinski definition) is 0. The molecule has 0 saturated heterocycles. The van der Waals surface area contributed by atoms with Gasteiger partial charge >= 0.3 is 6.18 Å². The maximum atomic E-state index is 10.7. The summed E-state index contributed by atoms with van der Waals surface area (Å²) in [5.74, 6) is 0. The number of allylic oxidation sites excluding steroid dienone is 1. The molecule has 0 rings (SSSR count). The molecule has 0 saturated carbocycles. The van der Waals surface area contributed by atoms with E-state index in [0.717, 1.165) is 0 Å². The SMILES string of the molecule is F/C=C/C(F)(F)F.O. The number of hydrogen-bond donors (Lipinski definition) is 0. The normalized spacial score (nSPS) is 11.5. The largest absolute Gasteiger partial charge is 0.412 e. The molecule has 0 aromatic heterocycles. The van der Waals surface area contributed by atoms with E-state index in [9.17, 15) is 17.6 Å². The first kappa shape index (κ1) is 10.4. The van der Waals surface area contributed by atoms with E-state index >= 15 is 0 Å². The highest BCUT2D eigenvalue weighted by Crippen LogP contribution is 2.15. The molecule has 1 nitrogen and oxygen atoms in total. The Balaban J connectivity index is 0. The van der Waals surface area contributed by atoms with E-state index in [2.05, 4.69) is 0 Å². The minimum absolute atomic E-state index is 0. The zero-order valence-electron chi connectivity index (χ0n) is 3.67. The highest BCUT2D eigenvalue weighted by atomic mass is 19.4. The van der Waals surface area contributed by atoms with Crippen LogP contribution >= 0.6 is 0 Å². The van der Waals surface area contributed by atoms with E-state index in [1.165, 1.54) is 0 Å². The van der Waals surface area contributed by atoms with E-state index < -0.39 is 18.6 Å². The van der Waals surface area contributed by atoms with Crippen molar-refractivity contribution < 1.29 is 23.0 Å². The smallest absolute Gasteiger partial charge is 0.411 e. The summed E-state index contributed by atoms with van der Waals surface area (Å²) in [5.41, 5.74) is 0. The summed E-state index contributed by atoms with van der Waals surface area (Å²) in [7, 11) is 0. The highest BCUT2D eigenvalue weighted by Gasteiger charge is 2.21. The monoisotopic (exact) mass is 132 g/mol. The molecule has 0 aliphatic rings. The molecule has 0 bridgehead atoms. The summed E-state index contributed by atoms with van der Waals surface area (Å²) in [6, 6.07) is 0. The third-order valence-corrected chi connectivity index (χ3v) is 0.252. The quantitative estimate of drug-likeness (QED) is 0.443. The van der Waals surface area contributed by atoms with Gasteiger partial charge in [-0.05, 0) is 0 Å². The Kier molecular flexibility index (Phi) is 4.46. The Hall–Kier alpha value is -0.580. The minimum Gasteiger partial charge on any atom is -0.412 e. The zero-order chi connectivity index (χ0) is 5.91. The molecule has 8 heavy (non-hydrogen) atoms. The molecular weight excluding hydrogens is 128 g/mol. The summed E-state index contributed by atoms with van der Waals surface area (Å²) >= 11 is 0. The molecule has 0 spiro atoms.